The zero-order chi connectivity index (χ0) is 14.7. The van der Waals surface area contributed by atoms with Crippen LogP contribution in [0.1, 0.15) is 11.1 Å². The second-order valence-electron chi connectivity index (χ2n) is 4.44. The van der Waals surface area contributed by atoms with Gasteiger partial charge >= 0.3 is 0 Å². The molecule has 0 saturated carbocycles. The molecule has 0 spiro atoms. The van der Waals surface area contributed by atoms with Crippen molar-refractivity contribution in [2.75, 3.05) is 11.1 Å². The van der Waals surface area contributed by atoms with Crippen molar-refractivity contribution in [2.24, 2.45) is 0 Å². The zero-order valence-corrected chi connectivity index (χ0v) is 11.7. The van der Waals surface area contributed by atoms with Crippen LogP contribution in [0, 0.1) is 12.7 Å². The Balaban J connectivity index is 2.16. The third-order valence-corrected chi connectivity index (χ3v) is 3.40. The first kappa shape index (κ1) is 14.3. The first-order valence-electron chi connectivity index (χ1n) is 6.07. The number of hydrogen-bond acceptors (Lipinski definition) is 2. The highest BCUT2D eigenvalue weighted by Crippen LogP contribution is 2.22. The molecule has 2 aromatic rings. The van der Waals surface area contributed by atoms with Gasteiger partial charge in [0, 0.05) is 22.0 Å². The van der Waals surface area contributed by atoms with E-state index in [4.69, 9.17) is 17.3 Å². The molecule has 5 heteroatoms. The predicted octanol–water partition coefficient (Wildman–Crippen LogP) is 3.55. The van der Waals surface area contributed by atoms with Crippen molar-refractivity contribution in [1.29, 1.82) is 0 Å². The van der Waals surface area contributed by atoms with Crippen LogP contribution in [0.2, 0.25) is 5.02 Å². The van der Waals surface area contributed by atoms with Gasteiger partial charge in [0.25, 0.3) is 0 Å². The number of hydrogen-bond donors (Lipinski definition) is 2. The van der Waals surface area contributed by atoms with Crippen LogP contribution in [-0.4, -0.2) is 5.91 Å². The Bertz CT molecular complexity index is 638. The number of carbonyl (C=O) groups excluding carboxylic acids is 1. The molecule has 3 nitrogen and oxygen atoms in total. The average Bonchev–Trinajstić information content (AvgIpc) is 2.39. The van der Waals surface area contributed by atoms with E-state index in [1.807, 2.05) is 0 Å². The van der Waals surface area contributed by atoms with Crippen LogP contribution in [0.5, 0.6) is 0 Å². The van der Waals surface area contributed by atoms with Gasteiger partial charge in [0.05, 0.1) is 6.42 Å². The molecule has 0 heterocycles. The molecule has 3 N–H and O–H groups in total. The highest BCUT2D eigenvalue weighted by Gasteiger charge is 2.13. The monoisotopic (exact) mass is 292 g/mol. The molecule has 0 unspecified atom stereocenters. The van der Waals surface area contributed by atoms with Gasteiger partial charge in [0.15, 0.2) is 0 Å². The molecule has 2 rings (SSSR count). The number of carbonyl (C=O) groups is 1. The molecule has 104 valence electrons. The second kappa shape index (κ2) is 5.92. The summed E-state index contributed by atoms with van der Waals surface area (Å²) in [6.07, 6.45) is -0.125. The van der Waals surface area contributed by atoms with E-state index >= 15 is 0 Å². The number of nitrogen functional groups attached to an aromatic ring is 1. The molecule has 0 radical (unpaired) electrons. The SMILES string of the molecule is Cc1c(N)cccc1NC(=O)Cc1c(F)cccc1Cl. The molecule has 0 saturated heterocycles. The van der Waals surface area contributed by atoms with E-state index in [1.54, 1.807) is 31.2 Å². The number of halogens is 2. The maximum atomic E-state index is 13.6. The standard InChI is InChI=1S/C15H14ClFN2O/c1-9-13(18)6-3-7-14(9)19-15(20)8-10-11(16)4-2-5-12(10)17/h2-7H,8,18H2,1H3,(H,19,20). The van der Waals surface area contributed by atoms with Crippen LogP contribution in [-0.2, 0) is 11.2 Å². The van der Waals surface area contributed by atoms with Crippen LogP contribution < -0.4 is 11.1 Å². The van der Waals surface area contributed by atoms with Crippen molar-refractivity contribution < 1.29 is 9.18 Å². The predicted molar refractivity (Wildman–Crippen MR) is 79.3 cm³/mol. The van der Waals surface area contributed by atoms with Crippen molar-refractivity contribution in [3.05, 3.63) is 58.4 Å². The molecule has 20 heavy (non-hydrogen) atoms. The second-order valence-corrected chi connectivity index (χ2v) is 4.85. The average molecular weight is 293 g/mol. The fourth-order valence-corrected chi connectivity index (χ4v) is 2.07. The number of anilines is 2. The summed E-state index contributed by atoms with van der Waals surface area (Å²) in [4.78, 5) is 12.0. The van der Waals surface area contributed by atoms with E-state index in [-0.39, 0.29) is 22.9 Å². The number of nitrogens with two attached hydrogens (primary N) is 1. The smallest absolute Gasteiger partial charge is 0.228 e. The van der Waals surface area contributed by atoms with E-state index in [0.717, 1.165) is 5.56 Å². The topological polar surface area (TPSA) is 55.1 Å². The third kappa shape index (κ3) is 3.08. The highest BCUT2D eigenvalue weighted by atomic mass is 35.5. The van der Waals surface area contributed by atoms with Gasteiger partial charge in [-0.2, -0.15) is 0 Å². The maximum Gasteiger partial charge on any atom is 0.228 e. The van der Waals surface area contributed by atoms with Gasteiger partial charge in [-0.15, -0.1) is 0 Å². The lowest BCUT2D eigenvalue weighted by molar-refractivity contribution is -0.115. The summed E-state index contributed by atoms with van der Waals surface area (Å²) in [5, 5.41) is 2.95. The van der Waals surface area contributed by atoms with Crippen molar-refractivity contribution in [2.45, 2.75) is 13.3 Å². The molecule has 0 aliphatic heterocycles. The minimum Gasteiger partial charge on any atom is -0.398 e. The normalized spacial score (nSPS) is 10.3. The van der Waals surface area contributed by atoms with Crippen LogP contribution in [0.15, 0.2) is 36.4 Å². The van der Waals surface area contributed by atoms with E-state index in [2.05, 4.69) is 5.32 Å². The third-order valence-electron chi connectivity index (χ3n) is 3.05. The summed E-state index contributed by atoms with van der Waals surface area (Å²) in [5.41, 5.74) is 7.93. The highest BCUT2D eigenvalue weighted by molar-refractivity contribution is 6.31. The fraction of sp³-hybridized carbons (Fsp3) is 0.133. The van der Waals surface area contributed by atoms with E-state index in [0.29, 0.717) is 11.4 Å². The molecule has 0 aliphatic carbocycles. The largest absolute Gasteiger partial charge is 0.398 e. The van der Waals surface area contributed by atoms with Gasteiger partial charge in [0.2, 0.25) is 5.91 Å². The fourth-order valence-electron chi connectivity index (χ4n) is 1.85. The van der Waals surface area contributed by atoms with E-state index in [9.17, 15) is 9.18 Å². The summed E-state index contributed by atoms with van der Waals surface area (Å²) in [6.45, 7) is 1.81. The zero-order valence-electron chi connectivity index (χ0n) is 10.9. The Labute approximate surface area is 121 Å². The molecule has 0 bridgehead atoms. The number of amides is 1. The number of rotatable bonds is 3. The minimum atomic E-state index is -0.489. The summed E-state index contributed by atoms with van der Waals surface area (Å²) in [6, 6.07) is 9.57. The van der Waals surface area contributed by atoms with Crippen LogP contribution in [0.25, 0.3) is 0 Å². The Morgan fingerprint density at radius 3 is 2.70 bits per heavy atom. The van der Waals surface area contributed by atoms with Crippen LogP contribution in [0.3, 0.4) is 0 Å². The lowest BCUT2D eigenvalue weighted by Gasteiger charge is -2.11. The van der Waals surface area contributed by atoms with Gasteiger partial charge < -0.3 is 11.1 Å². The Morgan fingerprint density at radius 2 is 2.00 bits per heavy atom. The lowest BCUT2D eigenvalue weighted by Crippen LogP contribution is -2.16. The van der Waals surface area contributed by atoms with Crippen molar-refractivity contribution in [1.82, 2.24) is 0 Å². The first-order valence-corrected chi connectivity index (χ1v) is 6.44. The molecule has 0 atom stereocenters. The maximum absolute atomic E-state index is 13.6. The van der Waals surface area contributed by atoms with Gasteiger partial charge in [-0.05, 0) is 36.8 Å². The van der Waals surface area contributed by atoms with Gasteiger partial charge in [0.1, 0.15) is 5.82 Å². The Hall–Kier alpha value is -2.07. The van der Waals surface area contributed by atoms with Crippen LogP contribution >= 0.6 is 11.6 Å². The summed E-state index contributed by atoms with van der Waals surface area (Å²) < 4.78 is 13.6. The Kier molecular flexibility index (Phi) is 4.25. The minimum absolute atomic E-state index is 0.125. The molecule has 1 amide bonds. The molecule has 2 aromatic carbocycles. The van der Waals surface area contributed by atoms with Gasteiger partial charge in [-0.1, -0.05) is 23.7 Å². The van der Waals surface area contributed by atoms with Gasteiger partial charge in [-0.3, -0.25) is 4.79 Å². The van der Waals surface area contributed by atoms with E-state index < -0.39 is 5.82 Å². The van der Waals surface area contributed by atoms with Crippen LogP contribution in [0.4, 0.5) is 15.8 Å². The summed E-state index contributed by atoms with van der Waals surface area (Å²) >= 11 is 5.89. The van der Waals surface area contributed by atoms with Crippen molar-refractivity contribution in [3.8, 4) is 0 Å². The first-order chi connectivity index (χ1) is 9.49. The summed E-state index contributed by atoms with van der Waals surface area (Å²) in [7, 11) is 0. The summed E-state index contributed by atoms with van der Waals surface area (Å²) in [5.74, 6) is -0.831. The molecular formula is C15H14ClFN2O. The quantitative estimate of drug-likeness (QED) is 0.850. The lowest BCUT2D eigenvalue weighted by atomic mass is 10.1. The number of nitrogens with one attached hydrogen (secondary N) is 1. The van der Waals surface area contributed by atoms with Crippen molar-refractivity contribution >= 4 is 28.9 Å². The van der Waals surface area contributed by atoms with Gasteiger partial charge in [-0.25, -0.2) is 4.39 Å². The van der Waals surface area contributed by atoms with Crippen molar-refractivity contribution in [3.63, 3.8) is 0 Å². The number of benzene rings is 2. The molecule has 0 fully saturated rings. The Morgan fingerprint density at radius 1 is 1.30 bits per heavy atom. The molecular weight excluding hydrogens is 279 g/mol. The molecule has 0 aromatic heterocycles. The molecule has 0 aliphatic rings. The van der Waals surface area contributed by atoms with E-state index in [1.165, 1.54) is 12.1 Å².